The van der Waals surface area contributed by atoms with Crippen LogP contribution in [-0.4, -0.2) is 22.2 Å². The molecule has 2 rings (SSSR count). The first-order valence-electron chi connectivity index (χ1n) is 9.50. The molecule has 2 aromatic rings. The summed E-state index contributed by atoms with van der Waals surface area (Å²) in [6.45, 7) is 12.3. The zero-order chi connectivity index (χ0) is 23.5. The molecule has 0 saturated heterocycles. The molecule has 0 amide bonds. The lowest BCUT2D eigenvalue weighted by Gasteiger charge is -2.21. The minimum Gasteiger partial charge on any atom is -0.478 e. The van der Waals surface area contributed by atoms with E-state index in [0.29, 0.717) is 12.2 Å². The lowest BCUT2D eigenvalue weighted by Crippen LogP contribution is -2.29. The molecule has 6 N–H and O–H groups in total. The van der Waals surface area contributed by atoms with Crippen molar-refractivity contribution in [3.05, 3.63) is 82.9 Å². The third-order valence-electron chi connectivity index (χ3n) is 4.05. The van der Waals surface area contributed by atoms with Crippen LogP contribution in [-0.2, 0) is 20.7 Å². The van der Waals surface area contributed by atoms with Crippen molar-refractivity contribution < 1.29 is 19.8 Å². The lowest BCUT2D eigenvalue weighted by atomic mass is 9.92. The molecule has 6 heteroatoms. The van der Waals surface area contributed by atoms with Crippen molar-refractivity contribution in [3.63, 3.8) is 0 Å². The Hall–Kier alpha value is -2.96. The Balaban J connectivity index is 0.000000428. The first-order chi connectivity index (χ1) is 13.7. The van der Waals surface area contributed by atoms with Gasteiger partial charge in [0.05, 0.1) is 0 Å². The summed E-state index contributed by atoms with van der Waals surface area (Å²) in [5.41, 5.74) is 16.5. The molecule has 0 spiro atoms. The van der Waals surface area contributed by atoms with Gasteiger partial charge in [-0.15, -0.1) is 0 Å². The average Bonchev–Trinajstić information content (AvgIpc) is 2.60. The van der Waals surface area contributed by atoms with Crippen molar-refractivity contribution in [2.45, 2.75) is 52.6 Å². The second-order valence-electron chi connectivity index (χ2n) is 8.08. The quantitative estimate of drug-likeness (QED) is 0.558. The highest BCUT2D eigenvalue weighted by atomic mass is 16.4. The van der Waals surface area contributed by atoms with Crippen molar-refractivity contribution in [1.29, 1.82) is 0 Å². The molecule has 0 heterocycles. The number of carboxylic acid groups (broad SMARTS) is 2. The molecular formula is C24H34N2O4. The number of benzene rings is 2. The highest BCUT2D eigenvalue weighted by molar-refractivity contribution is 5.89. The van der Waals surface area contributed by atoms with E-state index >= 15 is 0 Å². The molecule has 0 saturated carbocycles. The molecular weight excluding hydrogens is 380 g/mol. The van der Waals surface area contributed by atoms with E-state index in [1.165, 1.54) is 22.3 Å². The van der Waals surface area contributed by atoms with Crippen molar-refractivity contribution in [3.8, 4) is 0 Å². The van der Waals surface area contributed by atoms with Gasteiger partial charge in [-0.3, -0.25) is 0 Å². The Morgan fingerprint density at radius 3 is 1.13 bits per heavy atom. The summed E-state index contributed by atoms with van der Waals surface area (Å²) < 4.78 is 0. The van der Waals surface area contributed by atoms with Crippen LogP contribution in [0.2, 0.25) is 0 Å². The van der Waals surface area contributed by atoms with Gasteiger partial charge in [-0.25, -0.2) is 9.59 Å². The SMILES string of the molecule is Cc1ccccc1C(C)(C)N.Cc1ccccc1C(C)(C)N.O=C(O)/C=C\C(=O)O. The number of rotatable bonds is 4. The van der Waals surface area contributed by atoms with Gasteiger partial charge in [-0.2, -0.15) is 0 Å². The lowest BCUT2D eigenvalue weighted by molar-refractivity contribution is -0.134. The van der Waals surface area contributed by atoms with Gasteiger partial charge in [0, 0.05) is 23.2 Å². The minimum atomic E-state index is -1.26. The molecule has 0 aliphatic rings. The Kier molecular flexibility index (Phi) is 10.7. The van der Waals surface area contributed by atoms with E-state index in [-0.39, 0.29) is 11.1 Å². The zero-order valence-corrected chi connectivity index (χ0v) is 18.6. The van der Waals surface area contributed by atoms with Gasteiger partial charge in [0.2, 0.25) is 0 Å². The van der Waals surface area contributed by atoms with Crippen molar-refractivity contribution >= 4 is 11.9 Å². The van der Waals surface area contributed by atoms with E-state index in [2.05, 4.69) is 38.1 Å². The summed E-state index contributed by atoms with van der Waals surface area (Å²) in [4.78, 5) is 19.1. The van der Waals surface area contributed by atoms with Crippen LogP contribution in [0.4, 0.5) is 0 Å². The van der Waals surface area contributed by atoms with Crippen LogP contribution in [0.25, 0.3) is 0 Å². The molecule has 0 aromatic heterocycles. The molecule has 164 valence electrons. The van der Waals surface area contributed by atoms with E-state index in [9.17, 15) is 9.59 Å². The maximum absolute atomic E-state index is 9.55. The van der Waals surface area contributed by atoms with Crippen molar-refractivity contribution in [2.75, 3.05) is 0 Å². The third kappa shape index (κ3) is 11.1. The van der Waals surface area contributed by atoms with Gasteiger partial charge in [0.15, 0.2) is 0 Å². The summed E-state index contributed by atoms with van der Waals surface area (Å²) in [6, 6.07) is 16.4. The molecule has 0 bridgehead atoms. The average molecular weight is 415 g/mol. The van der Waals surface area contributed by atoms with Crippen LogP contribution in [0.3, 0.4) is 0 Å². The van der Waals surface area contributed by atoms with Gasteiger partial charge in [0.25, 0.3) is 0 Å². The molecule has 0 radical (unpaired) electrons. The maximum Gasteiger partial charge on any atom is 0.328 e. The molecule has 0 atom stereocenters. The highest BCUT2D eigenvalue weighted by Gasteiger charge is 2.15. The molecule has 2 aromatic carbocycles. The Morgan fingerprint density at radius 1 is 0.700 bits per heavy atom. The predicted molar refractivity (Wildman–Crippen MR) is 121 cm³/mol. The summed E-state index contributed by atoms with van der Waals surface area (Å²) in [5, 5.41) is 15.6. The van der Waals surface area contributed by atoms with Gasteiger partial charge in [0.1, 0.15) is 0 Å². The first kappa shape index (κ1) is 27.0. The maximum atomic E-state index is 9.55. The van der Waals surface area contributed by atoms with Gasteiger partial charge in [-0.1, -0.05) is 48.5 Å². The van der Waals surface area contributed by atoms with Crippen LogP contribution in [0.15, 0.2) is 60.7 Å². The monoisotopic (exact) mass is 414 g/mol. The smallest absolute Gasteiger partial charge is 0.328 e. The minimum absolute atomic E-state index is 0.217. The fourth-order valence-electron chi connectivity index (χ4n) is 2.73. The summed E-state index contributed by atoms with van der Waals surface area (Å²) >= 11 is 0. The fourth-order valence-corrected chi connectivity index (χ4v) is 2.73. The second-order valence-corrected chi connectivity index (χ2v) is 8.08. The van der Waals surface area contributed by atoms with Crippen LogP contribution in [0.1, 0.15) is 49.9 Å². The van der Waals surface area contributed by atoms with Gasteiger partial charge >= 0.3 is 11.9 Å². The van der Waals surface area contributed by atoms with E-state index in [1.807, 2.05) is 52.0 Å². The van der Waals surface area contributed by atoms with Crippen LogP contribution < -0.4 is 11.5 Å². The summed E-state index contributed by atoms with van der Waals surface area (Å²) in [7, 11) is 0. The van der Waals surface area contributed by atoms with E-state index in [1.54, 1.807) is 0 Å². The molecule has 0 aliphatic carbocycles. The van der Waals surface area contributed by atoms with Crippen molar-refractivity contribution in [2.24, 2.45) is 11.5 Å². The van der Waals surface area contributed by atoms with Gasteiger partial charge < -0.3 is 21.7 Å². The number of carbonyl (C=O) groups is 2. The van der Waals surface area contributed by atoms with Gasteiger partial charge in [-0.05, 0) is 63.8 Å². The largest absolute Gasteiger partial charge is 0.478 e. The highest BCUT2D eigenvalue weighted by Crippen LogP contribution is 2.20. The number of aliphatic carboxylic acids is 2. The molecule has 6 nitrogen and oxygen atoms in total. The van der Waals surface area contributed by atoms with E-state index < -0.39 is 11.9 Å². The number of nitrogens with two attached hydrogens (primary N) is 2. The number of aryl methyl sites for hydroxylation is 2. The standard InChI is InChI=1S/2C10H15N.C4H4O4/c2*1-8-6-4-5-7-9(8)10(2,3)11;5-3(6)1-2-4(7)8/h2*4-7H,11H2,1-3H3;1-2H,(H,5,6)(H,7,8)/b;;2-1-. The number of hydrogen-bond donors (Lipinski definition) is 4. The Bertz CT molecular complexity index is 788. The predicted octanol–water partition coefficient (Wildman–Crippen LogP) is 4.09. The van der Waals surface area contributed by atoms with Crippen LogP contribution >= 0.6 is 0 Å². The van der Waals surface area contributed by atoms with Crippen LogP contribution in [0.5, 0.6) is 0 Å². The topological polar surface area (TPSA) is 127 Å². The zero-order valence-electron chi connectivity index (χ0n) is 18.6. The molecule has 0 aliphatic heterocycles. The summed E-state index contributed by atoms with van der Waals surface area (Å²) in [5.74, 6) is -2.51. The molecule has 30 heavy (non-hydrogen) atoms. The molecule has 0 fully saturated rings. The Labute approximate surface area is 179 Å². The van der Waals surface area contributed by atoms with E-state index in [4.69, 9.17) is 21.7 Å². The third-order valence-corrected chi connectivity index (χ3v) is 4.05. The summed E-state index contributed by atoms with van der Waals surface area (Å²) in [6.07, 6.45) is 1.12. The van der Waals surface area contributed by atoms with E-state index in [0.717, 1.165) is 0 Å². The molecule has 0 unspecified atom stereocenters. The fraction of sp³-hybridized carbons (Fsp3) is 0.333. The van der Waals surface area contributed by atoms with Crippen LogP contribution in [0, 0.1) is 13.8 Å². The van der Waals surface area contributed by atoms with Crippen molar-refractivity contribution in [1.82, 2.24) is 0 Å². The number of hydrogen-bond acceptors (Lipinski definition) is 4. The number of carboxylic acids is 2. The Morgan fingerprint density at radius 2 is 0.967 bits per heavy atom. The second kappa shape index (κ2) is 11.9. The normalized spacial score (nSPS) is 11.1. The first-order valence-corrected chi connectivity index (χ1v) is 9.50.